The average molecular weight is 333 g/mol. The number of rotatable bonds is 7. The van der Waals surface area contributed by atoms with Crippen LogP contribution in [-0.4, -0.2) is 13.2 Å². The highest BCUT2D eigenvalue weighted by Gasteiger charge is 2.14. The molecule has 1 unspecified atom stereocenters. The molecule has 0 spiro atoms. The Bertz CT molecular complexity index is 835. The van der Waals surface area contributed by atoms with Crippen molar-refractivity contribution in [3.63, 3.8) is 0 Å². The van der Waals surface area contributed by atoms with Gasteiger partial charge in [0, 0.05) is 5.92 Å². The summed E-state index contributed by atoms with van der Waals surface area (Å²) in [7, 11) is 0. The maximum atomic E-state index is 6.13. The first kappa shape index (κ1) is 17.5. The molecule has 3 rings (SSSR count). The molecule has 130 valence electrons. The van der Waals surface area contributed by atoms with Crippen molar-refractivity contribution in [2.45, 2.75) is 32.6 Å². The van der Waals surface area contributed by atoms with E-state index < -0.39 is 0 Å². The molecule has 2 nitrogen and oxygen atoms in total. The molecule has 0 aliphatic carbocycles. The molecule has 0 amide bonds. The molecule has 0 saturated heterocycles. The third-order valence-electron chi connectivity index (χ3n) is 4.76. The van der Waals surface area contributed by atoms with E-state index in [1.54, 1.807) is 0 Å². The van der Waals surface area contributed by atoms with E-state index in [4.69, 9.17) is 10.5 Å². The zero-order valence-corrected chi connectivity index (χ0v) is 15.2. The van der Waals surface area contributed by atoms with Crippen molar-refractivity contribution in [1.82, 2.24) is 0 Å². The van der Waals surface area contributed by atoms with Gasteiger partial charge in [0.25, 0.3) is 0 Å². The number of nitrogens with two attached hydrogens (primary N) is 1. The molecule has 0 aliphatic heterocycles. The lowest BCUT2D eigenvalue weighted by Crippen LogP contribution is -2.15. The van der Waals surface area contributed by atoms with Crippen LogP contribution in [0.5, 0.6) is 5.75 Å². The van der Waals surface area contributed by atoms with Gasteiger partial charge in [-0.1, -0.05) is 61.5 Å². The van der Waals surface area contributed by atoms with E-state index in [-0.39, 0.29) is 0 Å². The summed E-state index contributed by atoms with van der Waals surface area (Å²) in [6.45, 7) is 5.63. The minimum absolute atomic E-state index is 0.310. The van der Waals surface area contributed by atoms with Gasteiger partial charge in [-0.05, 0) is 59.8 Å². The van der Waals surface area contributed by atoms with Crippen molar-refractivity contribution in [3.05, 3.63) is 77.4 Å². The standard InChI is InChI=1S/C23H27NO/c1-3-13-25-23-12-11-19(14-17(23)2)21(16-24)15-20-9-6-8-18-7-4-5-10-22(18)20/h4-12,14,21H,3,13,15-16,24H2,1-2H3. The maximum Gasteiger partial charge on any atom is 0.122 e. The molecule has 3 aromatic rings. The van der Waals surface area contributed by atoms with Gasteiger partial charge in [-0.3, -0.25) is 0 Å². The Morgan fingerprint density at radius 2 is 1.80 bits per heavy atom. The Balaban J connectivity index is 1.86. The Morgan fingerprint density at radius 1 is 1.00 bits per heavy atom. The van der Waals surface area contributed by atoms with E-state index in [1.165, 1.54) is 27.5 Å². The molecule has 2 heteroatoms. The summed E-state index contributed by atoms with van der Waals surface area (Å²) in [4.78, 5) is 0. The van der Waals surface area contributed by atoms with Gasteiger partial charge in [-0.25, -0.2) is 0 Å². The van der Waals surface area contributed by atoms with Crippen LogP contribution in [0.25, 0.3) is 10.8 Å². The van der Waals surface area contributed by atoms with E-state index in [0.717, 1.165) is 25.2 Å². The first-order valence-electron chi connectivity index (χ1n) is 9.13. The molecule has 0 radical (unpaired) electrons. The van der Waals surface area contributed by atoms with Crippen LogP contribution in [0.1, 0.15) is 36.0 Å². The maximum absolute atomic E-state index is 6.13. The van der Waals surface area contributed by atoms with Gasteiger partial charge in [0.15, 0.2) is 0 Å². The van der Waals surface area contributed by atoms with E-state index in [0.29, 0.717) is 12.5 Å². The van der Waals surface area contributed by atoms with E-state index >= 15 is 0 Å². The summed E-state index contributed by atoms with van der Waals surface area (Å²) < 4.78 is 5.80. The van der Waals surface area contributed by atoms with Crippen LogP contribution in [0.3, 0.4) is 0 Å². The SMILES string of the molecule is CCCOc1ccc(C(CN)Cc2cccc3ccccc23)cc1C. The number of hydrogen-bond donors (Lipinski definition) is 1. The molecule has 0 heterocycles. The summed E-state index contributed by atoms with van der Waals surface area (Å²) in [5, 5.41) is 2.61. The second-order valence-electron chi connectivity index (χ2n) is 6.65. The summed E-state index contributed by atoms with van der Waals surface area (Å²) in [6.07, 6.45) is 1.97. The molecule has 3 aromatic carbocycles. The zero-order chi connectivity index (χ0) is 17.6. The van der Waals surface area contributed by atoms with Gasteiger partial charge in [0.05, 0.1) is 6.61 Å². The smallest absolute Gasteiger partial charge is 0.122 e. The molecule has 2 N–H and O–H groups in total. The van der Waals surface area contributed by atoms with Crippen molar-refractivity contribution < 1.29 is 4.74 Å². The van der Waals surface area contributed by atoms with Crippen molar-refractivity contribution in [2.24, 2.45) is 5.73 Å². The van der Waals surface area contributed by atoms with Gasteiger partial charge in [-0.15, -0.1) is 0 Å². The minimum Gasteiger partial charge on any atom is -0.493 e. The van der Waals surface area contributed by atoms with Crippen molar-refractivity contribution in [2.75, 3.05) is 13.2 Å². The van der Waals surface area contributed by atoms with Crippen LogP contribution in [0.15, 0.2) is 60.7 Å². The average Bonchev–Trinajstić information content (AvgIpc) is 2.65. The molecule has 0 saturated carbocycles. The van der Waals surface area contributed by atoms with E-state index in [9.17, 15) is 0 Å². The largest absolute Gasteiger partial charge is 0.493 e. The predicted molar refractivity (Wildman–Crippen MR) is 106 cm³/mol. The molecule has 1 atom stereocenters. The Labute approximate surface area is 150 Å². The van der Waals surface area contributed by atoms with Crippen molar-refractivity contribution in [1.29, 1.82) is 0 Å². The van der Waals surface area contributed by atoms with Gasteiger partial charge in [0.1, 0.15) is 5.75 Å². The third-order valence-corrected chi connectivity index (χ3v) is 4.76. The highest BCUT2D eigenvalue weighted by Crippen LogP contribution is 2.28. The second kappa shape index (κ2) is 8.17. The number of aryl methyl sites for hydroxylation is 1. The molecule has 0 bridgehead atoms. The molecule has 0 aromatic heterocycles. The molecular weight excluding hydrogens is 306 g/mol. The third kappa shape index (κ3) is 4.02. The molecular formula is C23H27NO. The highest BCUT2D eigenvalue weighted by molar-refractivity contribution is 5.85. The van der Waals surface area contributed by atoms with Crippen LogP contribution in [0, 0.1) is 6.92 Å². The lowest BCUT2D eigenvalue weighted by molar-refractivity contribution is 0.315. The van der Waals surface area contributed by atoms with Crippen molar-refractivity contribution >= 4 is 10.8 Å². The lowest BCUT2D eigenvalue weighted by Gasteiger charge is -2.18. The second-order valence-corrected chi connectivity index (χ2v) is 6.65. The summed E-state index contributed by atoms with van der Waals surface area (Å²) in [5.41, 5.74) is 9.96. The Morgan fingerprint density at radius 3 is 2.56 bits per heavy atom. The number of ether oxygens (including phenoxy) is 1. The van der Waals surface area contributed by atoms with Crippen LogP contribution >= 0.6 is 0 Å². The van der Waals surface area contributed by atoms with Crippen LogP contribution in [-0.2, 0) is 6.42 Å². The highest BCUT2D eigenvalue weighted by atomic mass is 16.5. The topological polar surface area (TPSA) is 35.2 Å². The Kier molecular flexibility index (Phi) is 5.72. The predicted octanol–water partition coefficient (Wildman–Crippen LogP) is 5.22. The van der Waals surface area contributed by atoms with Crippen LogP contribution < -0.4 is 10.5 Å². The fourth-order valence-electron chi connectivity index (χ4n) is 3.37. The first-order chi connectivity index (χ1) is 12.2. The molecule has 0 aliphatic rings. The van der Waals surface area contributed by atoms with Crippen LogP contribution in [0.4, 0.5) is 0 Å². The quantitative estimate of drug-likeness (QED) is 0.643. The number of benzene rings is 3. The number of hydrogen-bond acceptors (Lipinski definition) is 2. The fraction of sp³-hybridized carbons (Fsp3) is 0.304. The van der Waals surface area contributed by atoms with Crippen molar-refractivity contribution in [3.8, 4) is 5.75 Å². The van der Waals surface area contributed by atoms with E-state index in [1.807, 2.05) is 0 Å². The molecule has 0 fully saturated rings. The zero-order valence-electron chi connectivity index (χ0n) is 15.2. The van der Waals surface area contributed by atoms with Gasteiger partial charge >= 0.3 is 0 Å². The van der Waals surface area contributed by atoms with Gasteiger partial charge in [0.2, 0.25) is 0 Å². The Hall–Kier alpha value is -2.32. The fourth-order valence-corrected chi connectivity index (χ4v) is 3.37. The lowest BCUT2D eigenvalue weighted by atomic mass is 9.89. The van der Waals surface area contributed by atoms with Gasteiger partial charge < -0.3 is 10.5 Å². The normalized spacial score (nSPS) is 12.3. The van der Waals surface area contributed by atoms with Crippen LogP contribution in [0.2, 0.25) is 0 Å². The van der Waals surface area contributed by atoms with Gasteiger partial charge in [-0.2, -0.15) is 0 Å². The monoisotopic (exact) mass is 333 g/mol. The van der Waals surface area contributed by atoms with E-state index in [2.05, 4.69) is 74.5 Å². The number of fused-ring (bicyclic) bond motifs is 1. The summed E-state index contributed by atoms with van der Waals surface area (Å²) in [6, 6.07) is 21.6. The summed E-state index contributed by atoms with van der Waals surface area (Å²) >= 11 is 0. The summed E-state index contributed by atoms with van der Waals surface area (Å²) in [5.74, 6) is 1.29. The first-order valence-corrected chi connectivity index (χ1v) is 9.13. The molecule has 25 heavy (non-hydrogen) atoms. The minimum atomic E-state index is 0.310.